The molecule has 0 fully saturated rings. The van der Waals surface area contributed by atoms with Crippen LogP contribution in [0.2, 0.25) is 0 Å². The van der Waals surface area contributed by atoms with Crippen LogP contribution in [-0.4, -0.2) is 17.1 Å². The van der Waals surface area contributed by atoms with Gasteiger partial charge in [-0.3, -0.25) is 4.98 Å². The summed E-state index contributed by atoms with van der Waals surface area (Å²) in [5.74, 6) is 1.30. The monoisotopic (exact) mass is 251 g/mol. The molecule has 4 heteroatoms. The van der Waals surface area contributed by atoms with E-state index in [1.165, 1.54) is 0 Å². The van der Waals surface area contributed by atoms with E-state index in [9.17, 15) is 0 Å². The van der Waals surface area contributed by atoms with Crippen molar-refractivity contribution < 1.29 is 4.74 Å². The second-order valence-corrected chi connectivity index (χ2v) is 4.22. The first kappa shape index (κ1) is 11.5. The number of aromatic nitrogens is 2. The van der Waals surface area contributed by atoms with Gasteiger partial charge in [-0.05, 0) is 24.3 Å². The van der Waals surface area contributed by atoms with Gasteiger partial charge in [-0.15, -0.1) is 0 Å². The molecule has 19 heavy (non-hydrogen) atoms. The van der Waals surface area contributed by atoms with Crippen molar-refractivity contribution in [3.05, 3.63) is 48.7 Å². The Morgan fingerprint density at radius 1 is 1.05 bits per heavy atom. The fourth-order valence-corrected chi connectivity index (χ4v) is 1.99. The topological polar surface area (TPSA) is 61.0 Å². The van der Waals surface area contributed by atoms with E-state index in [1.807, 2.05) is 36.4 Å². The summed E-state index contributed by atoms with van der Waals surface area (Å²) in [7, 11) is 1.64. The van der Waals surface area contributed by atoms with Crippen molar-refractivity contribution in [3.8, 4) is 17.0 Å². The molecule has 3 rings (SSSR count). The van der Waals surface area contributed by atoms with Gasteiger partial charge in [-0.1, -0.05) is 12.1 Å². The van der Waals surface area contributed by atoms with Crippen LogP contribution < -0.4 is 10.5 Å². The normalized spacial score (nSPS) is 10.6. The number of hydrogen-bond acceptors (Lipinski definition) is 4. The maximum absolute atomic E-state index is 5.71. The molecule has 2 heterocycles. The summed E-state index contributed by atoms with van der Waals surface area (Å²) in [6, 6.07) is 13.5. The fourth-order valence-electron chi connectivity index (χ4n) is 1.99. The molecule has 0 amide bonds. The molecule has 0 aliphatic heterocycles. The molecule has 1 aromatic carbocycles. The highest BCUT2D eigenvalue weighted by Gasteiger charge is 2.03. The summed E-state index contributed by atoms with van der Waals surface area (Å²) < 4.78 is 5.21. The van der Waals surface area contributed by atoms with Gasteiger partial charge in [-0.2, -0.15) is 0 Å². The number of nitrogens with two attached hydrogens (primary N) is 1. The Morgan fingerprint density at radius 2 is 1.89 bits per heavy atom. The summed E-state index contributed by atoms with van der Waals surface area (Å²) in [4.78, 5) is 8.67. The summed E-state index contributed by atoms with van der Waals surface area (Å²) in [5.41, 5.74) is 8.42. The molecule has 0 bridgehead atoms. The summed E-state index contributed by atoms with van der Waals surface area (Å²) in [5, 5.41) is 1.06. The molecule has 0 radical (unpaired) electrons. The predicted molar refractivity (Wildman–Crippen MR) is 75.9 cm³/mol. The van der Waals surface area contributed by atoms with Gasteiger partial charge < -0.3 is 10.5 Å². The van der Waals surface area contributed by atoms with Crippen molar-refractivity contribution in [1.82, 2.24) is 9.97 Å². The Bertz CT molecular complexity index is 740. The van der Waals surface area contributed by atoms with Crippen LogP contribution in [-0.2, 0) is 0 Å². The van der Waals surface area contributed by atoms with Crippen LogP contribution in [0.3, 0.4) is 0 Å². The zero-order chi connectivity index (χ0) is 13.2. The molecule has 0 aliphatic rings. The Labute approximate surface area is 110 Å². The molecular formula is C15H13N3O. The smallest absolute Gasteiger partial charge is 0.124 e. The van der Waals surface area contributed by atoms with E-state index in [4.69, 9.17) is 10.5 Å². The number of fused-ring (bicyclic) bond motifs is 1. The van der Waals surface area contributed by atoms with Crippen LogP contribution in [0.4, 0.5) is 5.82 Å². The zero-order valence-corrected chi connectivity index (χ0v) is 10.5. The van der Waals surface area contributed by atoms with Gasteiger partial charge in [0.2, 0.25) is 0 Å². The van der Waals surface area contributed by atoms with E-state index in [1.54, 1.807) is 19.4 Å². The van der Waals surface area contributed by atoms with Gasteiger partial charge >= 0.3 is 0 Å². The van der Waals surface area contributed by atoms with E-state index >= 15 is 0 Å². The third-order valence-electron chi connectivity index (χ3n) is 2.98. The molecule has 0 saturated carbocycles. The molecule has 0 atom stereocenters. The number of nitrogen functional groups attached to an aromatic ring is 1. The number of rotatable bonds is 2. The van der Waals surface area contributed by atoms with E-state index in [0.29, 0.717) is 5.82 Å². The van der Waals surface area contributed by atoms with Crippen LogP contribution in [0.5, 0.6) is 5.75 Å². The largest absolute Gasteiger partial charge is 0.497 e. The molecular weight excluding hydrogens is 238 g/mol. The third kappa shape index (κ3) is 2.20. The van der Waals surface area contributed by atoms with Crippen molar-refractivity contribution in [2.45, 2.75) is 0 Å². The number of methoxy groups -OCH3 is 1. The lowest BCUT2D eigenvalue weighted by atomic mass is 10.1. The molecule has 2 N–H and O–H groups in total. The van der Waals surface area contributed by atoms with Crippen molar-refractivity contribution >= 4 is 16.7 Å². The highest BCUT2D eigenvalue weighted by Crippen LogP contribution is 2.24. The average molecular weight is 251 g/mol. The second-order valence-electron chi connectivity index (χ2n) is 4.22. The lowest BCUT2D eigenvalue weighted by Crippen LogP contribution is -1.91. The van der Waals surface area contributed by atoms with Crippen molar-refractivity contribution in [1.29, 1.82) is 0 Å². The van der Waals surface area contributed by atoms with Gasteiger partial charge in [0, 0.05) is 23.2 Å². The Balaban J connectivity index is 2.13. The van der Waals surface area contributed by atoms with Crippen LogP contribution in [0, 0.1) is 0 Å². The molecule has 0 aliphatic carbocycles. The highest BCUT2D eigenvalue weighted by atomic mass is 16.5. The molecule has 0 saturated heterocycles. The number of ether oxygens (including phenoxy) is 1. The first-order chi connectivity index (χ1) is 9.26. The second kappa shape index (κ2) is 4.57. The van der Waals surface area contributed by atoms with Gasteiger partial charge in [0.25, 0.3) is 0 Å². The van der Waals surface area contributed by atoms with E-state index in [0.717, 1.165) is 27.9 Å². The Hall–Kier alpha value is -2.62. The number of nitrogens with zero attached hydrogens (tertiary/aromatic N) is 2. The zero-order valence-electron chi connectivity index (χ0n) is 10.5. The molecule has 0 unspecified atom stereocenters. The lowest BCUT2D eigenvalue weighted by molar-refractivity contribution is 0.414. The van der Waals surface area contributed by atoms with Gasteiger partial charge in [0.15, 0.2) is 0 Å². The van der Waals surface area contributed by atoms with E-state index < -0.39 is 0 Å². The standard InChI is InChI=1S/C15H13N3O/c1-19-12-6-7-17-13(9-12)11-3-2-10-4-5-15(16)18-14(10)8-11/h2-9H,1H3,(H2,16,18). The Morgan fingerprint density at radius 3 is 2.74 bits per heavy atom. The minimum absolute atomic E-state index is 0.517. The van der Waals surface area contributed by atoms with Crippen molar-refractivity contribution in [3.63, 3.8) is 0 Å². The van der Waals surface area contributed by atoms with Crippen LogP contribution in [0.15, 0.2) is 48.7 Å². The number of anilines is 1. The average Bonchev–Trinajstić information content (AvgIpc) is 2.46. The van der Waals surface area contributed by atoms with E-state index in [2.05, 4.69) is 9.97 Å². The number of benzene rings is 1. The van der Waals surface area contributed by atoms with Gasteiger partial charge in [0.05, 0.1) is 18.3 Å². The quantitative estimate of drug-likeness (QED) is 0.760. The highest BCUT2D eigenvalue weighted by molar-refractivity contribution is 5.84. The minimum Gasteiger partial charge on any atom is -0.497 e. The van der Waals surface area contributed by atoms with Crippen LogP contribution in [0.25, 0.3) is 22.2 Å². The molecule has 4 nitrogen and oxygen atoms in total. The predicted octanol–water partition coefficient (Wildman–Crippen LogP) is 2.89. The summed E-state index contributed by atoms with van der Waals surface area (Å²) >= 11 is 0. The maximum atomic E-state index is 5.71. The van der Waals surface area contributed by atoms with Crippen LogP contribution >= 0.6 is 0 Å². The molecule has 0 spiro atoms. The SMILES string of the molecule is COc1ccnc(-c2ccc3ccc(N)nc3c2)c1. The summed E-state index contributed by atoms with van der Waals surface area (Å²) in [6.45, 7) is 0. The number of pyridine rings is 2. The van der Waals surface area contributed by atoms with Gasteiger partial charge in [0.1, 0.15) is 11.6 Å². The number of hydrogen-bond donors (Lipinski definition) is 1. The van der Waals surface area contributed by atoms with Crippen molar-refractivity contribution in [2.75, 3.05) is 12.8 Å². The first-order valence-electron chi connectivity index (χ1n) is 5.93. The molecule has 2 aromatic heterocycles. The van der Waals surface area contributed by atoms with E-state index in [-0.39, 0.29) is 0 Å². The Kier molecular flexibility index (Phi) is 2.76. The maximum Gasteiger partial charge on any atom is 0.124 e. The minimum atomic E-state index is 0.517. The first-order valence-corrected chi connectivity index (χ1v) is 5.93. The van der Waals surface area contributed by atoms with Crippen LogP contribution in [0.1, 0.15) is 0 Å². The molecule has 94 valence electrons. The van der Waals surface area contributed by atoms with Gasteiger partial charge in [-0.25, -0.2) is 4.98 Å². The lowest BCUT2D eigenvalue weighted by Gasteiger charge is -2.05. The fraction of sp³-hybridized carbons (Fsp3) is 0.0667. The third-order valence-corrected chi connectivity index (χ3v) is 2.98. The van der Waals surface area contributed by atoms with Crippen molar-refractivity contribution in [2.24, 2.45) is 0 Å². The molecule has 3 aromatic rings. The summed E-state index contributed by atoms with van der Waals surface area (Å²) in [6.07, 6.45) is 1.73.